The second kappa shape index (κ2) is 9.32. The molecule has 1 saturated heterocycles. The van der Waals surface area contributed by atoms with E-state index < -0.39 is 10.0 Å². The summed E-state index contributed by atoms with van der Waals surface area (Å²) in [5.41, 5.74) is 4.10. The van der Waals surface area contributed by atoms with Crippen molar-refractivity contribution in [3.63, 3.8) is 0 Å². The van der Waals surface area contributed by atoms with E-state index in [0.717, 1.165) is 36.2 Å². The first-order valence-corrected chi connectivity index (χ1v) is 13.3. The van der Waals surface area contributed by atoms with E-state index in [2.05, 4.69) is 38.1 Å². The Labute approximate surface area is 194 Å². The van der Waals surface area contributed by atoms with Crippen LogP contribution in [0, 0.1) is 5.92 Å². The smallest absolute Gasteiger partial charge is 0.239 e. The highest BCUT2D eigenvalue weighted by molar-refractivity contribution is 7.89. The number of nitrogens with two attached hydrogens (primary N) is 1. The molecule has 1 aliphatic carbocycles. The molecule has 0 radical (unpaired) electrons. The summed E-state index contributed by atoms with van der Waals surface area (Å²) in [4.78, 5) is 0.127. The lowest BCUT2D eigenvalue weighted by Gasteiger charge is -2.27. The summed E-state index contributed by atoms with van der Waals surface area (Å²) >= 11 is 0. The maximum Gasteiger partial charge on any atom is 0.239 e. The number of aromatic amines is 1. The third-order valence-corrected chi connectivity index (χ3v) is 8.16. The number of tetrazole rings is 1. The van der Waals surface area contributed by atoms with Gasteiger partial charge in [0.15, 0.2) is 5.82 Å². The molecule has 0 amide bonds. The Morgan fingerprint density at radius 3 is 2.36 bits per heavy atom. The highest BCUT2D eigenvalue weighted by atomic mass is 32.2. The fourth-order valence-electron chi connectivity index (χ4n) is 5.18. The predicted molar refractivity (Wildman–Crippen MR) is 127 cm³/mol. The van der Waals surface area contributed by atoms with Crippen LogP contribution >= 0.6 is 0 Å². The summed E-state index contributed by atoms with van der Waals surface area (Å²) in [5, 5.41) is 23.3. The number of hydrogen-bond donors (Lipinski definition) is 3. The summed E-state index contributed by atoms with van der Waals surface area (Å²) in [5.74, 6) is 1.47. The van der Waals surface area contributed by atoms with Crippen LogP contribution in [0.5, 0.6) is 0 Å². The Bertz CT molecular complexity index is 1200. The Morgan fingerprint density at radius 2 is 1.76 bits per heavy atom. The third-order valence-electron chi connectivity index (χ3n) is 7.13. The average Bonchev–Trinajstić information content (AvgIpc) is 3.31. The average molecular weight is 467 g/mol. The summed E-state index contributed by atoms with van der Waals surface area (Å²) in [7, 11) is -4.01. The monoisotopic (exact) mass is 466 g/mol. The number of aromatic nitrogens is 4. The number of nitrogens with one attached hydrogen (secondary N) is 2. The zero-order valence-corrected chi connectivity index (χ0v) is 19.4. The molecule has 2 aliphatic rings. The van der Waals surface area contributed by atoms with Crippen LogP contribution in [-0.4, -0.2) is 42.1 Å². The Balaban J connectivity index is 1.57. The fraction of sp³-hybridized carbons (Fsp3) is 0.458. The van der Waals surface area contributed by atoms with Gasteiger partial charge in [-0.1, -0.05) is 68.5 Å². The maximum atomic E-state index is 12.9. The zero-order valence-electron chi connectivity index (χ0n) is 18.6. The topological polar surface area (TPSA) is 127 Å². The van der Waals surface area contributed by atoms with E-state index in [1.54, 1.807) is 0 Å². The van der Waals surface area contributed by atoms with E-state index in [9.17, 15) is 8.42 Å². The van der Waals surface area contributed by atoms with E-state index in [1.165, 1.54) is 37.7 Å². The van der Waals surface area contributed by atoms with Crippen molar-refractivity contribution in [1.29, 1.82) is 0 Å². The molecule has 1 saturated carbocycles. The quantitative estimate of drug-likeness (QED) is 0.490. The van der Waals surface area contributed by atoms with Crippen LogP contribution < -0.4 is 10.5 Å². The van der Waals surface area contributed by atoms with Crippen molar-refractivity contribution in [2.75, 3.05) is 13.1 Å². The number of H-pyrrole nitrogens is 1. The molecule has 0 bridgehead atoms. The first-order valence-electron chi connectivity index (χ1n) is 11.7. The molecule has 1 aliphatic heterocycles. The van der Waals surface area contributed by atoms with E-state index in [1.807, 2.05) is 24.3 Å². The van der Waals surface area contributed by atoms with Crippen molar-refractivity contribution in [1.82, 2.24) is 25.9 Å². The van der Waals surface area contributed by atoms with Gasteiger partial charge in [0.2, 0.25) is 10.0 Å². The van der Waals surface area contributed by atoms with Gasteiger partial charge in [-0.05, 0) is 51.4 Å². The van der Waals surface area contributed by atoms with Gasteiger partial charge >= 0.3 is 0 Å². The number of hydrogen-bond acceptors (Lipinski definition) is 6. The Kier molecular flexibility index (Phi) is 6.27. The fourth-order valence-corrected chi connectivity index (χ4v) is 6.21. The molecule has 0 spiro atoms. The molecule has 8 nitrogen and oxygen atoms in total. The highest BCUT2D eigenvalue weighted by Crippen LogP contribution is 2.39. The molecular formula is C24H30N6O2S. The van der Waals surface area contributed by atoms with Crippen molar-refractivity contribution in [2.45, 2.75) is 55.8 Å². The number of primary sulfonamides is 1. The number of nitrogens with zero attached hydrogens (tertiary/aromatic N) is 3. The molecule has 5 rings (SSSR count). The van der Waals surface area contributed by atoms with Crippen LogP contribution in [0.15, 0.2) is 41.3 Å². The number of aryl methyl sites for hydroxylation is 1. The molecule has 174 valence electrons. The largest absolute Gasteiger partial charge is 0.315 e. The predicted octanol–water partition coefficient (Wildman–Crippen LogP) is 3.38. The lowest BCUT2D eigenvalue weighted by atomic mass is 9.84. The molecule has 33 heavy (non-hydrogen) atoms. The minimum Gasteiger partial charge on any atom is -0.315 e. The molecule has 9 heteroatoms. The molecule has 0 atom stereocenters. The van der Waals surface area contributed by atoms with Crippen molar-refractivity contribution in [3.8, 4) is 22.5 Å². The summed E-state index contributed by atoms with van der Waals surface area (Å²) < 4.78 is 25.8. The lowest BCUT2D eigenvalue weighted by Crippen LogP contribution is -2.39. The van der Waals surface area contributed by atoms with Crippen molar-refractivity contribution >= 4 is 10.0 Å². The van der Waals surface area contributed by atoms with Gasteiger partial charge in [-0.15, -0.1) is 5.10 Å². The van der Waals surface area contributed by atoms with Crippen molar-refractivity contribution in [3.05, 3.63) is 47.5 Å². The third kappa shape index (κ3) is 4.71. The minimum atomic E-state index is -4.01. The van der Waals surface area contributed by atoms with Crippen LogP contribution in [0.3, 0.4) is 0 Å². The van der Waals surface area contributed by atoms with Gasteiger partial charge in [0.25, 0.3) is 0 Å². The first kappa shape index (κ1) is 22.2. The van der Waals surface area contributed by atoms with Crippen LogP contribution in [0.25, 0.3) is 22.5 Å². The van der Waals surface area contributed by atoms with Crippen LogP contribution in [0.2, 0.25) is 0 Å². The van der Waals surface area contributed by atoms with Gasteiger partial charge in [-0.2, -0.15) is 0 Å². The van der Waals surface area contributed by atoms with Crippen molar-refractivity contribution < 1.29 is 8.42 Å². The molecule has 2 fully saturated rings. The molecule has 3 aromatic rings. The van der Waals surface area contributed by atoms with Crippen molar-refractivity contribution in [2.24, 2.45) is 11.1 Å². The SMILES string of the molecule is NS(=O)(=O)c1c(CCC2CCCCC2)ccc(-c2ccc(C3CNC3)cc2)c1-c1nnn[nH]1. The first-order chi connectivity index (χ1) is 16.0. The Hall–Kier alpha value is -2.62. The number of benzene rings is 2. The molecule has 2 heterocycles. The second-order valence-electron chi connectivity index (χ2n) is 9.29. The minimum absolute atomic E-state index is 0.127. The number of rotatable bonds is 7. The molecule has 4 N–H and O–H groups in total. The molecule has 1 aromatic heterocycles. The van der Waals surface area contributed by atoms with Gasteiger partial charge in [-0.25, -0.2) is 18.7 Å². The highest BCUT2D eigenvalue weighted by Gasteiger charge is 2.27. The van der Waals surface area contributed by atoms with E-state index in [4.69, 9.17) is 5.14 Å². The summed E-state index contributed by atoms with van der Waals surface area (Å²) in [6.45, 7) is 1.97. The standard InChI is InChI=1S/C24H30N6O2S/c25-33(31,32)23-19(7-6-16-4-2-1-3-5-16)12-13-21(22(23)24-27-29-30-28-24)18-10-8-17(9-11-18)20-14-26-15-20/h8-13,16,20,26H,1-7,14-15H2,(H2,25,31,32)(H,27,28,29,30). The maximum absolute atomic E-state index is 12.9. The van der Waals surface area contributed by atoms with Gasteiger partial charge in [0.05, 0.1) is 4.90 Å². The van der Waals surface area contributed by atoms with Gasteiger partial charge in [0, 0.05) is 24.6 Å². The zero-order chi connectivity index (χ0) is 22.8. The molecular weight excluding hydrogens is 436 g/mol. The van der Waals surface area contributed by atoms with Gasteiger partial charge in [-0.3, -0.25) is 0 Å². The van der Waals surface area contributed by atoms with Gasteiger partial charge < -0.3 is 5.32 Å². The molecule has 2 aromatic carbocycles. The van der Waals surface area contributed by atoms with E-state index in [0.29, 0.717) is 29.6 Å². The van der Waals surface area contributed by atoms with Crippen LogP contribution in [0.4, 0.5) is 0 Å². The number of sulfonamides is 1. The van der Waals surface area contributed by atoms with E-state index in [-0.39, 0.29) is 4.90 Å². The van der Waals surface area contributed by atoms with Gasteiger partial charge in [0.1, 0.15) is 0 Å². The van der Waals surface area contributed by atoms with E-state index >= 15 is 0 Å². The molecule has 0 unspecified atom stereocenters. The van der Waals surface area contributed by atoms with Crippen LogP contribution in [0.1, 0.15) is 55.6 Å². The summed E-state index contributed by atoms with van der Waals surface area (Å²) in [6.07, 6.45) is 7.86. The Morgan fingerprint density at radius 1 is 1.00 bits per heavy atom. The normalized spacial score (nSPS) is 17.7. The van der Waals surface area contributed by atoms with Crippen LogP contribution in [-0.2, 0) is 16.4 Å². The second-order valence-corrected chi connectivity index (χ2v) is 10.8. The summed E-state index contributed by atoms with van der Waals surface area (Å²) in [6, 6.07) is 12.2. The lowest BCUT2D eigenvalue weighted by molar-refractivity contribution is 0.338.